The highest BCUT2D eigenvalue weighted by Gasteiger charge is 2.31. The molecule has 5 nitrogen and oxygen atoms in total. The van der Waals surface area contributed by atoms with E-state index in [1.807, 2.05) is 49.7 Å². The minimum absolute atomic E-state index is 0.256. The van der Waals surface area contributed by atoms with E-state index in [-0.39, 0.29) is 5.91 Å². The Bertz CT molecular complexity index is 1490. The van der Waals surface area contributed by atoms with E-state index in [1.54, 1.807) is 18.2 Å². The highest BCUT2D eigenvalue weighted by Crippen LogP contribution is 2.34. The number of benzene rings is 3. The molecule has 4 aromatic rings. The van der Waals surface area contributed by atoms with Gasteiger partial charge in [-0.05, 0) is 56.5 Å². The molecule has 0 bridgehead atoms. The van der Waals surface area contributed by atoms with Gasteiger partial charge in [0.25, 0.3) is 5.91 Å². The van der Waals surface area contributed by atoms with Crippen LogP contribution in [0.3, 0.4) is 0 Å². The molecular weight excluding hydrogens is 455 g/mol. The summed E-state index contributed by atoms with van der Waals surface area (Å²) in [6.45, 7) is 5.76. The first-order valence-electron chi connectivity index (χ1n) is 10.5. The Morgan fingerprint density at radius 3 is 2.48 bits per heavy atom. The zero-order chi connectivity index (χ0) is 23.3. The molecule has 0 aliphatic carbocycles. The number of amides is 1. The molecule has 1 amide bonds. The average Bonchev–Trinajstić information content (AvgIpc) is 3.25. The van der Waals surface area contributed by atoms with Crippen molar-refractivity contribution in [2.45, 2.75) is 20.8 Å². The summed E-state index contributed by atoms with van der Waals surface area (Å²) in [4.78, 5) is 13.3. The molecule has 0 saturated carbocycles. The van der Waals surface area contributed by atoms with Crippen LogP contribution >= 0.6 is 23.2 Å². The molecule has 5 rings (SSSR count). The summed E-state index contributed by atoms with van der Waals surface area (Å²) in [6, 6.07) is 19.3. The Kier molecular flexibility index (Phi) is 5.31. The predicted molar refractivity (Wildman–Crippen MR) is 136 cm³/mol. The number of nitrogens with zero attached hydrogens (tertiary/aromatic N) is 4. The maximum Gasteiger partial charge on any atom is 0.280 e. The van der Waals surface area contributed by atoms with Gasteiger partial charge in [-0.3, -0.25) is 4.79 Å². The van der Waals surface area contributed by atoms with E-state index in [0.29, 0.717) is 27.0 Å². The lowest BCUT2D eigenvalue weighted by molar-refractivity contribution is -0.114. The minimum Gasteiger partial charge on any atom is -0.267 e. The van der Waals surface area contributed by atoms with Crippen LogP contribution in [0.4, 0.5) is 5.69 Å². The van der Waals surface area contributed by atoms with Crippen molar-refractivity contribution >= 4 is 57.4 Å². The van der Waals surface area contributed by atoms with E-state index in [4.69, 9.17) is 28.3 Å². The van der Waals surface area contributed by atoms with E-state index < -0.39 is 0 Å². The molecule has 0 atom stereocenters. The third kappa shape index (κ3) is 3.63. The van der Waals surface area contributed by atoms with Crippen molar-refractivity contribution in [1.29, 1.82) is 0 Å². The number of rotatable bonds is 3. The maximum atomic E-state index is 13.3. The third-order valence-corrected chi connectivity index (χ3v) is 6.38. The van der Waals surface area contributed by atoms with Gasteiger partial charge in [-0.1, -0.05) is 59.6 Å². The zero-order valence-corrected chi connectivity index (χ0v) is 19.8. The number of hydrogen-bond donors (Lipinski definition) is 0. The first-order valence-corrected chi connectivity index (χ1v) is 11.2. The highest BCUT2D eigenvalue weighted by atomic mass is 35.5. The van der Waals surface area contributed by atoms with Gasteiger partial charge in [-0.25, -0.2) is 4.68 Å². The van der Waals surface area contributed by atoms with E-state index in [2.05, 4.69) is 29.4 Å². The summed E-state index contributed by atoms with van der Waals surface area (Å²) in [7, 11) is 0. The third-order valence-electron chi connectivity index (χ3n) is 5.83. The van der Waals surface area contributed by atoms with Gasteiger partial charge < -0.3 is 0 Å². The molecule has 1 aromatic heterocycles. The second-order valence-electron chi connectivity index (χ2n) is 7.95. The molecule has 1 aliphatic heterocycles. The SMILES string of the molecule is CC1=NN(c2cc(Cl)ccc2Cl)C(=O)/C1=C/c1c(C)nn(-c2cccc3ccccc23)c1C. The summed E-state index contributed by atoms with van der Waals surface area (Å²) >= 11 is 12.4. The van der Waals surface area contributed by atoms with Crippen molar-refractivity contribution in [3.8, 4) is 5.69 Å². The number of carbonyl (C=O) groups is 1. The molecule has 0 N–H and O–H groups in total. The first-order chi connectivity index (χ1) is 15.8. The lowest BCUT2D eigenvalue weighted by Gasteiger charge is -2.13. The fourth-order valence-electron chi connectivity index (χ4n) is 4.13. The van der Waals surface area contributed by atoms with Crippen LogP contribution in [0, 0.1) is 13.8 Å². The van der Waals surface area contributed by atoms with Crippen molar-refractivity contribution in [3.05, 3.63) is 93.2 Å². The van der Waals surface area contributed by atoms with Crippen LogP contribution in [0.2, 0.25) is 10.0 Å². The fraction of sp³-hybridized carbons (Fsp3) is 0.115. The van der Waals surface area contributed by atoms with E-state index in [9.17, 15) is 4.79 Å². The van der Waals surface area contributed by atoms with Crippen molar-refractivity contribution in [2.24, 2.45) is 5.10 Å². The summed E-state index contributed by atoms with van der Waals surface area (Å²) in [5, 5.41) is 13.7. The summed E-state index contributed by atoms with van der Waals surface area (Å²) in [5.74, 6) is -0.256. The largest absolute Gasteiger partial charge is 0.280 e. The number of fused-ring (bicyclic) bond motifs is 1. The lowest BCUT2D eigenvalue weighted by Crippen LogP contribution is -2.21. The number of carbonyl (C=O) groups excluding carboxylic acids is 1. The zero-order valence-electron chi connectivity index (χ0n) is 18.3. The fourth-order valence-corrected chi connectivity index (χ4v) is 4.50. The van der Waals surface area contributed by atoms with Gasteiger partial charge in [0.15, 0.2) is 0 Å². The van der Waals surface area contributed by atoms with Gasteiger partial charge in [0.1, 0.15) is 0 Å². The quantitative estimate of drug-likeness (QED) is 0.308. The highest BCUT2D eigenvalue weighted by molar-refractivity contribution is 6.38. The Morgan fingerprint density at radius 1 is 0.909 bits per heavy atom. The van der Waals surface area contributed by atoms with E-state index in [0.717, 1.165) is 33.4 Å². The second-order valence-corrected chi connectivity index (χ2v) is 8.79. The summed E-state index contributed by atoms with van der Waals surface area (Å²) < 4.78 is 1.93. The molecule has 0 radical (unpaired) electrons. The van der Waals surface area contributed by atoms with Gasteiger partial charge in [0, 0.05) is 21.7 Å². The number of hydrogen-bond acceptors (Lipinski definition) is 3. The van der Waals surface area contributed by atoms with Crippen LogP contribution < -0.4 is 5.01 Å². The van der Waals surface area contributed by atoms with Gasteiger partial charge in [-0.15, -0.1) is 0 Å². The molecule has 33 heavy (non-hydrogen) atoms. The molecule has 7 heteroatoms. The number of halogens is 2. The molecule has 2 heterocycles. The number of anilines is 1. The number of aryl methyl sites for hydroxylation is 1. The molecule has 0 saturated heterocycles. The molecule has 1 aliphatic rings. The van der Waals surface area contributed by atoms with Gasteiger partial charge >= 0.3 is 0 Å². The van der Waals surface area contributed by atoms with Crippen LogP contribution in [0.25, 0.3) is 22.5 Å². The Hall–Kier alpha value is -3.41. The maximum absolute atomic E-state index is 13.3. The van der Waals surface area contributed by atoms with Crippen molar-refractivity contribution in [2.75, 3.05) is 5.01 Å². The monoisotopic (exact) mass is 474 g/mol. The average molecular weight is 475 g/mol. The van der Waals surface area contributed by atoms with Crippen molar-refractivity contribution in [3.63, 3.8) is 0 Å². The van der Waals surface area contributed by atoms with Crippen molar-refractivity contribution < 1.29 is 4.79 Å². The predicted octanol–water partition coefficient (Wildman–Crippen LogP) is 6.76. The molecular formula is C26H20Cl2N4O. The smallest absolute Gasteiger partial charge is 0.267 e. The molecule has 0 spiro atoms. The van der Waals surface area contributed by atoms with Crippen molar-refractivity contribution in [1.82, 2.24) is 9.78 Å². The molecule has 0 unspecified atom stereocenters. The van der Waals surface area contributed by atoms with Crippen LogP contribution in [0.15, 0.2) is 71.3 Å². The number of aromatic nitrogens is 2. The Morgan fingerprint density at radius 2 is 1.67 bits per heavy atom. The summed E-state index contributed by atoms with van der Waals surface area (Å²) in [5.41, 5.74) is 5.21. The van der Waals surface area contributed by atoms with Gasteiger partial charge in [-0.2, -0.15) is 15.2 Å². The summed E-state index contributed by atoms with van der Waals surface area (Å²) in [6.07, 6.45) is 1.86. The van der Waals surface area contributed by atoms with Gasteiger partial charge in [0.2, 0.25) is 0 Å². The van der Waals surface area contributed by atoms with Crippen LogP contribution in [-0.2, 0) is 4.79 Å². The number of hydrazone groups is 1. The second kappa shape index (κ2) is 8.18. The van der Waals surface area contributed by atoms with E-state index in [1.165, 1.54) is 5.01 Å². The molecule has 164 valence electrons. The van der Waals surface area contributed by atoms with Crippen LogP contribution in [0.5, 0.6) is 0 Å². The normalized spacial score (nSPS) is 15.1. The topological polar surface area (TPSA) is 50.5 Å². The minimum atomic E-state index is -0.256. The Balaban J connectivity index is 1.58. The lowest BCUT2D eigenvalue weighted by atomic mass is 10.1. The van der Waals surface area contributed by atoms with Crippen LogP contribution in [0.1, 0.15) is 23.9 Å². The molecule has 3 aromatic carbocycles. The van der Waals surface area contributed by atoms with E-state index >= 15 is 0 Å². The Labute approximate surface area is 201 Å². The first kappa shape index (κ1) is 21.4. The van der Waals surface area contributed by atoms with Crippen LogP contribution in [-0.4, -0.2) is 21.4 Å². The van der Waals surface area contributed by atoms with Gasteiger partial charge in [0.05, 0.1) is 33.4 Å². The standard InChI is InChI=1S/C26H20Cl2N4O/c1-15-21(17(3)31(29-15)24-10-6-8-18-7-4-5-9-20(18)24)14-22-16(2)30-32(26(22)33)25-13-19(27)11-12-23(25)28/h4-14H,1-3H3/b22-14+. The molecule has 0 fully saturated rings.